The molecule has 3 N–H and O–H groups in total. The van der Waals surface area contributed by atoms with Crippen molar-refractivity contribution in [1.29, 1.82) is 0 Å². The molecule has 182 valence electrons. The van der Waals surface area contributed by atoms with Crippen molar-refractivity contribution in [2.24, 2.45) is 16.7 Å². The van der Waals surface area contributed by atoms with E-state index in [0.717, 1.165) is 27.2 Å². The zero-order valence-corrected chi connectivity index (χ0v) is 21.2. The Hall–Kier alpha value is -3.42. The summed E-state index contributed by atoms with van der Waals surface area (Å²) in [6.45, 7) is 3.72. The summed E-state index contributed by atoms with van der Waals surface area (Å²) in [7, 11) is 0. The first-order valence-corrected chi connectivity index (χ1v) is 12.5. The first kappa shape index (κ1) is 23.0. The lowest BCUT2D eigenvalue weighted by molar-refractivity contribution is -0.125. The molecule has 2 aliphatic carbocycles. The molecule has 6 nitrogen and oxygen atoms in total. The van der Waals surface area contributed by atoms with Gasteiger partial charge in [0.2, 0.25) is 5.91 Å². The number of carbonyl (C=O) groups is 2. The van der Waals surface area contributed by atoms with Crippen molar-refractivity contribution in [3.05, 3.63) is 90.0 Å². The Balaban J connectivity index is 1.65. The molecule has 5 unspecified atom stereocenters. The van der Waals surface area contributed by atoms with Gasteiger partial charge in [-0.25, -0.2) is 4.90 Å². The molecule has 0 aromatic heterocycles. The highest BCUT2D eigenvalue weighted by Gasteiger charge is 2.85. The molecule has 7 heteroatoms. The number of amides is 2. The number of aliphatic hydroxyl groups is 1. The standard InChI is InChI=1S/C29H24BrNO5/c1-27-21(16-9-5-3-6-10-16)22(17-11-7-4-8-12-17)28(2,25(27)35)29(30)23(27)24(34)31(26(29)36)18-13-14-19(32)20(33)15-18/h3-15,23,25,32-33,35H,1-2H3. The number of anilines is 1. The van der Waals surface area contributed by atoms with Gasteiger partial charge in [0.25, 0.3) is 5.91 Å². The number of rotatable bonds is 3. The van der Waals surface area contributed by atoms with E-state index >= 15 is 0 Å². The van der Waals surface area contributed by atoms with Crippen LogP contribution in [-0.4, -0.2) is 37.6 Å². The van der Waals surface area contributed by atoms with Gasteiger partial charge in [-0.3, -0.25) is 9.59 Å². The number of hydrogen-bond donors (Lipinski definition) is 3. The molecule has 2 fully saturated rings. The second-order valence-electron chi connectivity index (χ2n) is 10.2. The van der Waals surface area contributed by atoms with Crippen LogP contribution in [0, 0.1) is 16.7 Å². The predicted molar refractivity (Wildman–Crippen MR) is 139 cm³/mol. The van der Waals surface area contributed by atoms with Crippen LogP contribution in [0.1, 0.15) is 25.0 Å². The quantitative estimate of drug-likeness (QED) is 0.251. The van der Waals surface area contributed by atoms with Crippen molar-refractivity contribution < 1.29 is 24.9 Å². The Morgan fingerprint density at radius 3 is 1.92 bits per heavy atom. The number of aromatic hydroxyl groups is 2. The van der Waals surface area contributed by atoms with Gasteiger partial charge in [0.1, 0.15) is 4.32 Å². The third kappa shape index (κ3) is 2.45. The molecule has 3 aromatic rings. The molecule has 3 aliphatic rings. The van der Waals surface area contributed by atoms with E-state index in [0.29, 0.717) is 0 Å². The Morgan fingerprint density at radius 1 is 0.806 bits per heavy atom. The Bertz CT molecular complexity index is 1470. The van der Waals surface area contributed by atoms with Gasteiger partial charge < -0.3 is 15.3 Å². The maximum atomic E-state index is 14.2. The number of phenolic OH excluding ortho intramolecular Hbond substituents is 2. The minimum Gasteiger partial charge on any atom is -0.504 e. The summed E-state index contributed by atoms with van der Waals surface area (Å²) < 4.78 is -1.43. The molecule has 3 aromatic carbocycles. The first-order valence-electron chi connectivity index (χ1n) is 11.7. The maximum Gasteiger partial charge on any atom is 0.252 e. The summed E-state index contributed by atoms with van der Waals surface area (Å²) in [5.41, 5.74) is 1.36. The van der Waals surface area contributed by atoms with Crippen LogP contribution in [0.5, 0.6) is 11.5 Å². The Labute approximate surface area is 216 Å². The fraction of sp³-hybridized carbons (Fsp3) is 0.241. The van der Waals surface area contributed by atoms with Crippen LogP contribution in [0.4, 0.5) is 5.69 Å². The van der Waals surface area contributed by atoms with Gasteiger partial charge in [0, 0.05) is 16.9 Å². The van der Waals surface area contributed by atoms with Gasteiger partial charge in [-0.05, 0) is 34.4 Å². The van der Waals surface area contributed by atoms with Gasteiger partial charge in [0.15, 0.2) is 11.5 Å². The van der Waals surface area contributed by atoms with Crippen molar-refractivity contribution >= 4 is 44.6 Å². The SMILES string of the molecule is CC12C(c3ccccc3)=C(c3ccccc3)C(C)(C1O)C1(Br)C(=O)N(c3ccc(O)c(O)c3)C(=O)C21. The first-order chi connectivity index (χ1) is 17.1. The number of phenols is 2. The van der Waals surface area contributed by atoms with E-state index in [9.17, 15) is 24.9 Å². The number of carbonyl (C=O) groups excluding carboxylic acids is 2. The van der Waals surface area contributed by atoms with Crippen molar-refractivity contribution in [2.45, 2.75) is 24.3 Å². The summed E-state index contributed by atoms with van der Waals surface area (Å²) >= 11 is 3.76. The number of alkyl halides is 1. The molecule has 2 amide bonds. The van der Waals surface area contributed by atoms with Crippen molar-refractivity contribution in [3.8, 4) is 11.5 Å². The highest BCUT2D eigenvalue weighted by Crippen LogP contribution is 2.79. The monoisotopic (exact) mass is 545 g/mol. The van der Waals surface area contributed by atoms with Gasteiger partial charge in [-0.15, -0.1) is 0 Å². The summed E-state index contributed by atoms with van der Waals surface area (Å²) in [6.07, 6.45) is -1.02. The zero-order chi connectivity index (χ0) is 25.6. The smallest absolute Gasteiger partial charge is 0.252 e. The molecule has 1 aliphatic heterocycles. The van der Waals surface area contributed by atoms with Crippen molar-refractivity contribution in [3.63, 3.8) is 0 Å². The molecule has 2 bridgehead atoms. The van der Waals surface area contributed by atoms with Crippen LogP contribution in [0.3, 0.4) is 0 Å². The molecule has 0 spiro atoms. The average Bonchev–Trinajstić information content (AvgIpc) is 3.26. The van der Waals surface area contributed by atoms with Crippen molar-refractivity contribution in [1.82, 2.24) is 0 Å². The third-order valence-corrected chi connectivity index (χ3v) is 10.1. The van der Waals surface area contributed by atoms with Crippen LogP contribution in [0.25, 0.3) is 11.1 Å². The van der Waals surface area contributed by atoms with E-state index in [1.807, 2.05) is 74.5 Å². The predicted octanol–water partition coefficient (Wildman–Crippen LogP) is 4.73. The normalized spacial score (nSPS) is 32.9. The van der Waals surface area contributed by atoms with Gasteiger partial charge in [-0.1, -0.05) is 90.4 Å². The Morgan fingerprint density at radius 2 is 1.36 bits per heavy atom. The molecular formula is C29H24BrNO5. The molecule has 1 heterocycles. The van der Waals surface area contributed by atoms with Crippen LogP contribution < -0.4 is 4.90 Å². The van der Waals surface area contributed by atoms with Crippen molar-refractivity contribution in [2.75, 3.05) is 4.90 Å². The molecule has 5 atom stereocenters. The van der Waals surface area contributed by atoms with Crippen LogP contribution >= 0.6 is 15.9 Å². The summed E-state index contributed by atoms with van der Waals surface area (Å²) in [5.74, 6) is -2.65. The largest absolute Gasteiger partial charge is 0.504 e. The van der Waals surface area contributed by atoms with Gasteiger partial charge in [0.05, 0.1) is 17.7 Å². The number of hydrogen-bond acceptors (Lipinski definition) is 5. The lowest BCUT2D eigenvalue weighted by Gasteiger charge is -2.42. The third-order valence-electron chi connectivity index (χ3n) is 8.50. The van der Waals surface area contributed by atoms with E-state index in [1.54, 1.807) is 0 Å². The minimum atomic E-state index is -1.43. The summed E-state index contributed by atoms with van der Waals surface area (Å²) in [5, 5.41) is 31.8. The van der Waals surface area contributed by atoms with E-state index in [-0.39, 0.29) is 11.4 Å². The second-order valence-corrected chi connectivity index (χ2v) is 11.4. The minimum absolute atomic E-state index is 0.164. The lowest BCUT2D eigenvalue weighted by Crippen LogP contribution is -2.51. The Kier molecular flexibility index (Phi) is 4.67. The topological polar surface area (TPSA) is 98.1 Å². The van der Waals surface area contributed by atoms with Gasteiger partial charge in [-0.2, -0.15) is 0 Å². The molecular weight excluding hydrogens is 522 g/mol. The van der Waals surface area contributed by atoms with E-state index in [2.05, 4.69) is 15.9 Å². The number of imide groups is 1. The highest BCUT2D eigenvalue weighted by atomic mass is 79.9. The maximum absolute atomic E-state index is 14.2. The number of fused-ring (bicyclic) bond motifs is 5. The van der Waals surface area contributed by atoms with Crippen LogP contribution in [0.2, 0.25) is 0 Å². The number of aliphatic hydroxyl groups excluding tert-OH is 1. The zero-order valence-electron chi connectivity index (χ0n) is 19.6. The molecule has 36 heavy (non-hydrogen) atoms. The molecule has 0 radical (unpaired) electrons. The van der Waals surface area contributed by atoms with E-state index < -0.39 is 44.7 Å². The second kappa shape index (κ2) is 7.31. The van der Waals surface area contributed by atoms with Gasteiger partial charge >= 0.3 is 0 Å². The number of halogens is 1. The van der Waals surface area contributed by atoms with Crippen LogP contribution in [-0.2, 0) is 9.59 Å². The number of benzene rings is 3. The van der Waals surface area contributed by atoms with E-state index in [1.165, 1.54) is 18.2 Å². The highest BCUT2D eigenvalue weighted by molar-refractivity contribution is 9.10. The summed E-state index contributed by atoms with van der Waals surface area (Å²) in [4.78, 5) is 29.4. The van der Waals surface area contributed by atoms with Crippen LogP contribution in [0.15, 0.2) is 78.9 Å². The number of nitrogens with zero attached hydrogens (tertiary/aromatic N) is 1. The molecule has 1 saturated carbocycles. The fourth-order valence-electron chi connectivity index (χ4n) is 6.97. The lowest BCUT2D eigenvalue weighted by atomic mass is 9.63. The fourth-order valence-corrected chi connectivity index (χ4v) is 8.23. The molecule has 6 rings (SSSR count). The summed E-state index contributed by atoms with van der Waals surface area (Å²) in [6, 6.07) is 23.2. The average molecular weight is 546 g/mol. The molecule has 1 saturated heterocycles. The van der Waals surface area contributed by atoms with E-state index in [4.69, 9.17) is 0 Å².